The molecular weight excluding hydrogens is 568 g/mol. The van der Waals surface area contributed by atoms with Crippen molar-refractivity contribution in [3.8, 4) is 23.0 Å². The predicted octanol–water partition coefficient (Wildman–Crippen LogP) is 6.24. The van der Waals surface area contributed by atoms with Crippen LogP contribution >= 0.6 is 0 Å². The topological polar surface area (TPSA) is 142 Å². The second-order valence-electron chi connectivity index (χ2n) is 9.40. The lowest BCUT2D eigenvalue weighted by Gasteiger charge is -2.14. The molecule has 10 nitrogen and oxygen atoms in total. The highest BCUT2D eigenvalue weighted by molar-refractivity contribution is 8.31. The highest BCUT2D eigenvalue weighted by Crippen LogP contribution is 2.35. The van der Waals surface area contributed by atoms with Gasteiger partial charge in [-0.3, -0.25) is 0 Å². The molecule has 0 bridgehead atoms. The van der Waals surface area contributed by atoms with Crippen LogP contribution in [0.15, 0.2) is 46.2 Å². The molecule has 2 aromatic carbocycles. The number of benzene rings is 2. The highest BCUT2D eigenvalue weighted by Gasteiger charge is 2.47. The van der Waals surface area contributed by atoms with Crippen molar-refractivity contribution in [1.82, 2.24) is 0 Å². The van der Waals surface area contributed by atoms with Gasteiger partial charge >= 0.3 is 4.38 Å². The molecule has 0 saturated heterocycles. The number of unbranched alkanes of at least 4 members (excludes halogenated alkanes) is 4. The van der Waals surface area contributed by atoms with E-state index in [2.05, 4.69) is 4.79 Å². The fourth-order valence-electron chi connectivity index (χ4n) is 3.58. The van der Waals surface area contributed by atoms with Crippen molar-refractivity contribution in [2.24, 2.45) is 0 Å². The largest absolute Gasteiger partial charge is 0.504 e. The zero-order chi connectivity index (χ0) is 30.3. The van der Waals surface area contributed by atoms with Gasteiger partial charge in [-0.15, -0.1) is 4.79 Å². The summed E-state index contributed by atoms with van der Waals surface area (Å²) < 4.78 is 76.9. The van der Waals surface area contributed by atoms with Gasteiger partial charge in [-0.1, -0.05) is 53.4 Å². The molecule has 0 aliphatic heterocycles. The van der Waals surface area contributed by atoms with E-state index in [4.69, 9.17) is 18.9 Å². The Kier molecular flexibility index (Phi) is 14.2. The van der Waals surface area contributed by atoms with Crippen LogP contribution in [0.5, 0.6) is 23.0 Å². The number of hydrogen-bond acceptors (Lipinski definition) is 8. The minimum atomic E-state index is -4.94. The van der Waals surface area contributed by atoms with E-state index in [-0.39, 0.29) is 36.2 Å². The molecular formula is C29H42N2O8S2. The molecule has 12 heteroatoms. The molecule has 0 atom stereocenters. The minimum Gasteiger partial charge on any atom is -0.494 e. The van der Waals surface area contributed by atoms with Gasteiger partial charge in [-0.25, -0.2) is 16.8 Å². The highest BCUT2D eigenvalue weighted by atomic mass is 32.3. The SMILES string of the molecule is CCCCOc1ccc(OCCCC)c(S(=O)(=O)C(=[N+]=[N-])S(=O)(=O)c2cc(OCCCC)ccc2OCCCC)c1. The van der Waals surface area contributed by atoms with Crippen LogP contribution in [0.1, 0.15) is 79.1 Å². The zero-order valence-electron chi connectivity index (χ0n) is 24.4. The van der Waals surface area contributed by atoms with E-state index in [1.54, 1.807) is 12.1 Å². The molecule has 2 rings (SSSR count). The molecule has 0 aliphatic carbocycles. The average molecular weight is 611 g/mol. The molecule has 2 aromatic rings. The minimum absolute atomic E-state index is 0.0753. The summed E-state index contributed by atoms with van der Waals surface area (Å²) in [6, 6.07) is 8.31. The van der Waals surface area contributed by atoms with Crippen LogP contribution in [0.25, 0.3) is 5.53 Å². The summed E-state index contributed by atoms with van der Waals surface area (Å²) in [6.45, 7) is 8.98. The summed E-state index contributed by atoms with van der Waals surface area (Å²) in [5.41, 5.74) is 9.90. The van der Waals surface area contributed by atoms with Crippen LogP contribution in [-0.2, 0) is 19.7 Å². The first-order valence-corrected chi connectivity index (χ1v) is 17.1. The molecule has 0 unspecified atom stereocenters. The quantitative estimate of drug-likeness (QED) is 0.0635. The van der Waals surface area contributed by atoms with Crippen molar-refractivity contribution < 1.29 is 40.6 Å². The van der Waals surface area contributed by atoms with Gasteiger partial charge in [0.15, 0.2) is 0 Å². The fraction of sp³-hybridized carbons (Fsp3) is 0.552. The lowest BCUT2D eigenvalue weighted by molar-refractivity contribution is 0.00377. The molecule has 228 valence electrons. The first kappa shape index (κ1) is 34.1. The summed E-state index contributed by atoms with van der Waals surface area (Å²) in [6.07, 6.45) is 6.12. The summed E-state index contributed by atoms with van der Waals surface area (Å²) >= 11 is 0. The summed E-state index contributed by atoms with van der Waals surface area (Å²) in [7, 11) is -9.89. The first-order valence-electron chi connectivity index (χ1n) is 14.2. The van der Waals surface area contributed by atoms with Crippen molar-refractivity contribution >= 4 is 24.1 Å². The lowest BCUT2D eigenvalue weighted by atomic mass is 10.3. The molecule has 0 spiro atoms. The van der Waals surface area contributed by atoms with Gasteiger partial charge in [0, 0.05) is 12.1 Å². The Bertz CT molecular complexity index is 1290. The molecule has 0 heterocycles. The van der Waals surface area contributed by atoms with Crippen molar-refractivity contribution in [3.63, 3.8) is 0 Å². The third kappa shape index (κ3) is 9.48. The van der Waals surface area contributed by atoms with Crippen LogP contribution in [0, 0.1) is 0 Å². The Labute approximate surface area is 244 Å². The van der Waals surface area contributed by atoms with E-state index >= 15 is 0 Å². The van der Waals surface area contributed by atoms with Crippen molar-refractivity contribution in [2.75, 3.05) is 26.4 Å². The Morgan fingerprint density at radius 2 is 0.951 bits per heavy atom. The van der Waals surface area contributed by atoms with Crippen molar-refractivity contribution in [2.45, 2.75) is 88.9 Å². The van der Waals surface area contributed by atoms with Crippen LogP contribution in [0.3, 0.4) is 0 Å². The standard InChI is InChI=1S/C29H42N2O8S2/c1-5-9-17-36-23-13-15-25(38-19-11-7-3)27(21-23)40(32,33)29(31-30)41(34,35)28-22-24(37-18-10-6-2)14-16-26(28)39-20-12-8-4/h13-16,21-22H,5-12,17-20H2,1-4H3. The molecule has 0 aromatic heterocycles. The number of ether oxygens (including phenoxy) is 4. The molecule has 0 aliphatic rings. The van der Waals surface area contributed by atoms with E-state index in [1.165, 1.54) is 24.3 Å². The van der Waals surface area contributed by atoms with Gasteiger partial charge in [0.05, 0.1) is 26.4 Å². The summed E-state index contributed by atoms with van der Waals surface area (Å²) in [5, 5.41) is 0. The van der Waals surface area contributed by atoms with Crippen LogP contribution in [0.4, 0.5) is 0 Å². The number of rotatable bonds is 18. The molecule has 0 N–H and O–H groups in total. The van der Waals surface area contributed by atoms with Crippen LogP contribution in [-0.4, -0.2) is 52.4 Å². The third-order valence-corrected chi connectivity index (χ3v) is 10.2. The maximum Gasteiger partial charge on any atom is 0.504 e. The van der Waals surface area contributed by atoms with Gasteiger partial charge in [0.1, 0.15) is 32.8 Å². The van der Waals surface area contributed by atoms with Gasteiger partial charge in [0.2, 0.25) is 0 Å². The van der Waals surface area contributed by atoms with E-state index < -0.39 is 33.8 Å². The Balaban J connectivity index is 2.64. The molecule has 0 amide bonds. The summed E-state index contributed by atoms with van der Waals surface area (Å²) in [4.78, 5) is 1.85. The Hall–Kier alpha value is -3.08. The van der Waals surface area contributed by atoms with E-state index in [0.717, 1.165) is 38.5 Å². The Morgan fingerprint density at radius 3 is 1.27 bits per heavy atom. The Morgan fingerprint density at radius 1 is 0.610 bits per heavy atom. The van der Waals surface area contributed by atoms with Gasteiger partial charge in [-0.2, -0.15) is 0 Å². The normalized spacial score (nSPS) is 11.5. The van der Waals surface area contributed by atoms with E-state index in [1.807, 2.05) is 27.7 Å². The second kappa shape index (κ2) is 17.0. The zero-order valence-corrected chi connectivity index (χ0v) is 26.1. The van der Waals surface area contributed by atoms with Crippen LogP contribution < -0.4 is 18.9 Å². The van der Waals surface area contributed by atoms with Crippen molar-refractivity contribution in [3.05, 3.63) is 41.9 Å². The van der Waals surface area contributed by atoms with Gasteiger partial charge in [0.25, 0.3) is 19.7 Å². The monoisotopic (exact) mass is 610 g/mol. The predicted molar refractivity (Wildman–Crippen MR) is 157 cm³/mol. The maximum atomic E-state index is 13.9. The van der Waals surface area contributed by atoms with Gasteiger partial charge in [-0.05, 0) is 49.9 Å². The maximum absolute atomic E-state index is 13.9. The molecule has 0 radical (unpaired) electrons. The number of hydrogen-bond donors (Lipinski definition) is 0. The number of sulfone groups is 2. The first-order chi connectivity index (χ1) is 19.7. The average Bonchev–Trinajstić information content (AvgIpc) is 2.94. The molecule has 0 fully saturated rings. The fourth-order valence-corrected chi connectivity index (χ4v) is 7.19. The lowest BCUT2D eigenvalue weighted by Crippen LogP contribution is -2.27. The molecule has 41 heavy (non-hydrogen) atoms. The second-order valence-corrected chi connectivity index (χ2v) is 13.3. The number of nitrogens with zero attached hydrogens (tertiary/aromatic N) is 2. The van der Waals surface area contributed by atoms with E-state index in [9.17, 15) is 22.4 Å². The van der Waals surface area contributed by atoms with Crippen molar-refractivity contribution in [1.29, 1.82) is 0 Å². The summed E-state index contributed by atoms with van der Waals surface area (Å²) in [5.74, 6) is 0.274. The van der Waals surface area contributed by atoms with Crippen LogP contribution in [0.2, 0.25) is 0 Å². The third-order valence-electron chi connectivity index (χ3n) is 5.99. The molecule has 0 saturated carbocycles. The van der Waals surface area contributed by atoms with Gasteiger partial charge < -0.3 is 24.5 Å². The van der Waals surface area contributed by atoms with E-state index in [0.29, 0.717) is 26.1 Å². The smallest absolute Gasteiger partial charge is 0.494 e.